The van der Waals surface area contributed by atoms with Crippen molar-refractivity contribution >= 4 is 16.9 Å². The Labute approximate surface area is 144 Å². The number of hydrogen-bond donors (Lipinski definition) is 3. The van der Waals surface area contributed by atoms with Gasteiger partial charge in [-0.2, -0.15) is 0 Å². The molecule has 5 nitrogen and oxygen atoms in total. The highest BCUT2D eigenvalue weighted by Gasteiger charge is 2.15. The lowest BCUT2D eigenvalue weighted by Gasteiger charge is -2.21. The summed E-state index contributed by atoms with van der Waals surface area (Å²) in [4.78, 5) is 8.07. The third-order valence-electron chi connectivity index (χ3n) is 4.21. The molecule has 1 aromatic heterocycles. The number of para-hydroxylation sites is 1. The monoisotopic (exact) mass is 330 g/mol. The number of aromatic amines is 1. The average Bonchev–Trinajstić information content (AvgIpc) is 2.88. The van der Waals surface area contributed by atoms with Gasteiger partial charge in [-0.25, -0.2) is 0 Å². The first-order chi connectivity index (χ1) is 11.5. The molecule has 0 spiro atoms. The third kappa shape index (κ3) is 4.74. The van der Waals surface area contributed by atoms with E-state index in [1.54, 1.807) is 7.11 Å². The van der Waals surface area contributed by atoms with Crippen LogP contribution in [0.25, 0.3) is 10.9 Å². The van der Waals surface area contributed by atoms with Crippen molar-refractivity contribution in [3.63, 3.8) is 0 Å². The lowest BCUT2D eigenvalue weighted by Crippen LogP contribution is -2.40. The van der Waals surface area contributed by atoms with Gasteiger partial charge < -0.3 is 20.4 Å². The SMILES string of the molecule is CCNC(=NCC(C)(C)OC)NCCc1c(C)[nH]c2ccccc12. The number of aromatic nitrogens is 1. The molecule has 0 radical (unpaired) electrons. The molecule has 0 unspecified atom stereocenters. The quantitative estimate of drug-likeness (QED) is 0.540. The largest absolute Gasteiger partial charge is 0.377 e. The van der Waals surface area contributed by atoms with E-state index in [1.807, 2.05) is 13.8 Å². The molecule has 2 aromatic rings. The van der Waals surface area contributed by atoms with Gasteiger partial charge in [0.1, 0.15) is 0 Å². The zero-order chi connectivity index (χ0) is 17.6. The van der Waals surface area contributed by atoms with Crippen LogP contribution in [0.1, 0.15) is 32.0 Å². The van der Waals surface area contributed by atoms with Crippen molar-refractivity contribution in [2.24, 2.45) is 4.99 Å². The summed E-state index contributed by atoms with van der Waals surface area (Å²) in [5, 5.41) is 8.01. The maximum Gasteiger partial charge on any atom is 0.191 e. The fraction of sp³-hybridized carbons (Fsp3) is 0.526. The first-order valence-electron chi connectivity index (χ1n) is 8.60. The van der Waals surface area contributed by atoms with Gasteiger partial charge in [0.25, 0.3) is 0 Å². The molecule has 0 bridgehead atoms. The fourth-order valence-electron chi connectivity index (χ4n) is 2.64. The van der Waals surface area contributed by atoms with Crippen molar-refractivity contribution in [1.29, 1.82) is 0 Å². The van der Waals surface area contributed by atoms with E-state index >= 15 is 0 Å². The zero-order valence-electron chi connectivity index (χ0n) is 15.5. The zero-order valence-corrected chi connectivity index (χ0v) is 15.5. The Morgan fingerprint density at radius 2 is 2.00 bits per heavy atom. The molecule has 2 rings (SSSR count). The van der Waals surface area contributed by atoms with Crippen LogP contribution in [-0.4, -0.2) is 43.3 Å². The molecule has 5 heteroatoms. The maximum atomic E-state index is 5.43. The van der Waals surface area contributed by atoms with Gasteiger partial charge in [0, 0.05) is 36.8 Å². The van der Waals surface area contributed by atoms with Gasteiger partial charge in [-0.3, -0.25) is 4.99 Å². The van der Waals surface area contributed by atoms with Crippen molar-refractivity contribution in [1.82, 2.24) is 15.6 Å². The number of guanidine groups is 1. The van der Waals surface area contributed by atoms with Gasteiger partial charge in [-0.1, -0.05) is 18.2 Å². The standard InChI is InChI=1S/C19H30N4O/c1-6-20-18(22-13-19(3,4)24-5)21-12-11-15-14(2)23-17-10-8-7-9-16(15)17/h7-10,23H,6,11-13H2,1-5H3,(H2,20,21,22). The number of rotatable bonds is 7. The topological polar surface area (TPSA) is 61.4 Å². The van der Waals surface area contributed by atoms with Crippen LogP contribution < -0.4 is 10.6 Å². The van der Waals surface area contributed by atoms with Gasteiger partial charge in [0.05, 0.1) is 12.1 Å². The molecule has 0 fully saturated rings. The molecule has 0 saturated heterocycles. The minimum Gasteiger partial charge on any atom is -0.377 e. The summed E-state index contributed by atoms with van der Waals surface area (Å²) in [6, 6.07) is 8.45. The lowest BCUT2D eigenvalue weighted by molar-refractivity contribution is 0.0310. The van der Waals surface area contributed by atoms with E-state index in [9.17, 15) is 0 Å². The molecule has 0 atom stereocenters. The minimum absolute atomic E-state index is 0.254. The van der Waals surface area contributed by atoms with Gasteiger partial charge in [-0.15, -0.1) is 0 Å². The number of methoxy groups -OCH3 is 1. The predicted octanol–water partition coefficient (Wildman–Crippen LogP) is 3.00. The van der Waals surface area contributed by atoms with E-state index in [0.717, 1.165) is 25.5 Å². The molecule has 1 heterocycles. The van der Waals surface area contributed by atoms with Crippen LogP contribution in [0, 0.1) is 6.92 Å². The van der Waals surface area contributed by atoms with Crippen LogP contribution in [-0.2, 0) is 11.2 Å². The number of fused-ring (bicyclic) bond motifs is 1. The predicted molar refractivity (Wildman–Crippen MR) is 102 cm³/mol. The average molecular weight is 330 g/mol. The maximum absolute atomic E-state index is 5.43. The Morgan fingerprint density at radius 3 is 2.71 bits per heavy atom. The molecule has 1 aromatic carbocycles. The second kappa shape index (κ2) is 8.20. The summed E-state index contributed by atoms with van der Waals surface area (Å²) < 4.78 is 5.43. The minimum atomic E-state index is -0.254. The summed E-state index contributed by atoms with van der Waals surface area (Å²) in [5.41, 5.74) is 3.55. The second-order valence-electron chi connectivity index (χ2n) is 6.61. The van der Waals surface area contributed by atoms with Crippen molar-refractivity contribution < 1.29 is 4.74 Å². The van der Waals surface area contributed by atoms with Crippen LogP contribution in [0.5, 0.6) is 0 Å². The third-order valence-corrected chi connectivity index (χ3v) is 4.21. The Bertz CT molecular complexity index is 688. The molecule has 0 aliphatic carbocycles. The van der Waals surface area contributed by atoms with E-state index in [4.69, 9.17) is 4.74 Å². The molecule has 0 aliphatic heterocycles. The second-order valence-corrected chi connectivity index (χ2v) is 6.61. The van der Waals surface area contributed by atoms with E-state index in [0.29, 0.717) is 6.54 Å². The smallest absolute Gasteiger partial charge is 0.191 e. The van der Waals surface area contributed by atoms with Gasteiger partial charge in [-0.05, 0) is 45.7 Å². The Morgan fingerprint density at radius 1 is 1.25 bits per heavy atom. The highest BCUT2D eigenvalue weighted by molar-refractivity contribution is 5.84. The van der Waals surface area contributed by atoms with Crippen LogP contribution in [0.4, 0.5) is 0 Å². The molecule has 132 valence electrons. The Balaban J connectivity index is 1.99. The number of nitrogens with one attached hydrogen (secondary N) is 3. The van der Waals surface area contributed by atoms with Crippen LogP contribution in [0.15, 0.2) is 29.3 Å². The fourth-order valence-corrected chi connectivity index (χ4v) is 2.64. The first kappa shape index (κ1) is 18.3. The van der Waals surface area contributed by atoms with E-state index < -0.39 is 0 Å². The Kier molecular flexibility index (Phi) is 6.26. The number of nitrogens with zero attached hydrogens (tertiary/aromatic N) is 1. The van der Waals surface area contributed by atoms with Crippen molar-refractivity contribution in [3.8, 4) is 0 Å². The van der Waals surface area contributed by atoms with E-state index in [2.05, 4.69) is 58.7 Å². The summed E-state index contributed by atoms with van der Waals surface area (Å²) in [5.74, 6) is 0.833. The highest BCUT2D eigenvalue weighted by Crippen LogP contribution is 2.21. The molecule has 0 amide bonds. The molecule has 3 N–H and O–H groups in total. The number of aliphatic imine (C=N–C) groups is 1. The summed E-state index contributed by atoms with van der Waals surface area (Å²) in [6.07, 6.45) is 0.952. The number of H-pyrrole nitrogens is 1. The first-order valence-corrected chi connectivity index (χ1v) is 8.60. The van der Waals surface area contributed by atoms with Crippen molar-refractivity contribution in [2.45, 2.75) is 39.7 Å². The number of benzene rings is 1. The van der Waals surface area contributed by atoms with E-state index in [1.165, 1.54) is 22.2 Å². The molecular formula is C19H30N4O. The van der Waals surface area contributed by atoms with Crippen LogP contribution in [0.3, 0.4) is 0 Å². The van der Waals surface area contributed by atoms with Crippen LogP contribution >= 0.6 is 0 Å². The van der Waals surface area contributed by atoms with E-state index in [-0.39, 0.29) is 5.60 Å². The Hall–Kier alpha value is -2.01. The molecule has 24 heavy (non-hydrogen) atoms. The number of ether oxygens (including phenoxy) is 1. The lowest BCUT2D eigenvalue weighted by atomic mass is 10.1. The van der Waals surface area contributed by atoms with Crippen molar-refractivity contribution in [2.75, 3.05) is 26.7 Å². The van der Waals surface area contributed by atoms with Crippen molar-refractivity contribution in [3.05, 3.63) is 35.5 Å². The van der Waals surface area contributed by atoms with Gasteiger partial charge >= 0.3 is 0 Å². The van der Waals surface area contributed by atoms with Crippen LogP contribution in [0.2, 0.25) is 0 Å². The molecular weight excluding hydrogens is 300 g/mol. The van der Waals surface area contributed by atoms with Gasteiger partial charge in [0.2, 0.25) is 0 Å². The number of aryl methyl sites for hydroxylation is 1. The van der Waals surface area contributed by atoms with Gasteiger partial charge in [0.15, 0.2) is 5.96 Å². The normalized spacial score (nSPS) is 12.6. The summed E-state index contributed by atoms with van der Waals surface area (Å²) >= 11 is 0. The summed E-state index contributed by atoms with van der Waals surface area (Å²) in [7, 11) is 1.72. The number of hydrogen-bond acceptors (Lipinski definition) is 2. The summed E-state index contributed by atoms with van der Waals surface area (Å²) in [6.45, 7) is 10.6. The highest BCUT2D eigenvalue weighted by atomic mass is 16.5. The molecule has 0 saturated carbocycles. The molecule has 0 aliphatic rings.